The van der Waals surface area contributed by atoms with Crippen LogP contribution in [0.5, 0.6) is 0 Å². The van der Waals surface area contributed by atoms with E-state index in [9.17, 15) is 19.2 Å². The molecular weight excluding hydrogens is 434 g/mol. The summed E-state index contributed by atoms with van der Waals surface area (Å²) in [5.41, 5.74) is -1.01. The highest BCUT2D eigenvalue weighted by atomic mass is 16.6. The fourth-order valence-corrected chi connectivity index (χ4v) is 2.76. The van der Waals surface area contributed by atoms with Gasteiger partial charge in [-0.25, -0.2) is 19.2 Å². The van der Waals surface area contributed by atoms with Gasteiger partial charge in [-0.3, -0.25) is 9.09 Å². The van der Waals surface area contributed by atoms with Crippen LogP contribution in [-0.2, 0) is 25.5 Å². The number of hydrogen-bond acceptors (Lipinski definition) is 9. The van der Waals surface area contributed by atoms with Crippen molar-refractivity contribution in [3.63, 3.8) is 0 Å². The van der Waals surface area contributed by atoms with Crippen LogP contribution < -0.4 is 5.76 Å². The molecule has 11 nitrogen and oxygen atoms in total. The third kappa shape index (κ3) is 9.11. The second-order valence-electron chi connectivity index (χ2n) is 9.58. The third-order valence-electron chi connectivity index (χ3n) is 4.17. The van der Waals surface area contributed by atoms with E-state index < -0.39 is 41.2 Å². The molecule has 33 heavy (non-hydrogen) atoms. The van der Waals surface area contributed by atoms with Crippen LogP contribution in [0.2, 0.25) is 0 Å². The molecule has 0 radical (unpaired) electrons. The van der Waals surface area contributed by atoms with Crippen molar-refractivity contribution in [2.24, 2.45) is 0 Å². The Morgan fingerprint density at radius 3 is 2.00 bits per heavy atom. The van der Waals surface area contributed by atoms with Crippen molar-refractivity contribution in [2.75, 3.05) is 7.11 Å². The van der Waals surface area contributed by atoms with Gasteiger partial charge in [-0.15, -0.1) is 0 Å². The Bertz CT molecular complexity index is 903. The van der Waals surface area contributed by atoms with E-state index in [0.717, 1.165) is 5.57 Å². The monoisotopic (exact) mass is 469 g/mol. The minimum absolute atomic E-state index is 0.0556. The Morgan fingerprint density at radius 2 is 1.61 bits per heavy atom. The topological polar surface area (TPSA) is 130 Å². The quantitative estimate of drug-likeness (QED) is 0.334. The summed E-state index contributed by atoms with van der Waals surface area (Å²) in [6, 6.07) is -1.27. The van der Waals surface area contributed by atoms with Gasteiger partial charge in [0.05, 0.1) is 13.7 Å². The molecule has 1 heterocycles. The number of rotatable bonds is 7. The number of aromatic nitrogens is 2. The zero-order valence-electron chi connectivity index (χ0n) is 20.9. The molecule has 0 fully saturated rings. The molecule has 0 aliphatic rings. The van der Waals surface area contributed by atoms with Crippen molar-refractivity contribution in [2.45, 2.75) is 92.0 Å². The summed E-state index contributed by atoms with van der Waals surface area (Å²) in [7, 11) is 1.17. The average Bonchev–Trinajstić information content (AvgIpc) is 2.95. The first-order valence-corrected chi connectivity index (χ1v) is 10.6. The molecule has 0 unspecified atom stereocenters. The maximum atomic E-state index is 12.9. The Balaban J connectivity index is 3.13. The second kappa shape index (κ2) is 11.2. The lowest BCUT2D eigenvalue weighted by molar-refractivity contribution is -0.146. The van der Waals surface area contributed by atoms with Gasteiger partial charge in [-0.1, -0.05) is 16.8 Å². The van der Waals surface area contributed by atoms with Crippen molar-refractivity contribution >= 4 is 18.2 Å². The van der Waals surface area contributed by atoms with Crippen LogP contribution in [-0.4, -0.2) is 57.1 Å². The lowest BCUT2D eigenvalue weighted by Crippen LogP contribution is -2.52. The van der Waals surface area contributed by atoms with Gasteiger partial charge in [0.25, 0.3) is 0 Å². The molecule has 0 aliphatic heterocycles. The third-order valence-corrected chi connectivity index (χ3v) is 4.17. The number of amides is 2. The summed E-state index contributed by atoms with van der Waals surface area (Å²) < 4.78 is 21.5. The van der Waals surface area contributed by atoms with Gasteiger partial charge < -0.3 is 14.2 Å². The number of aryl methyl sites for hydroxylation is 1. The van der Waals surface area contributed by atoms with Crippen LogP contribution in [0.4, 0.5) is 9.59 Å². The van der Waals surface area contributed by atoms with Crippen molar-refractivity contribution in [1.29, 1.82) is 0 Å². The number of allylic oxidation sites excluding steroid dienone is 2. The van der Waals surface area contributed by atoms with Crippen LogP contribution in [0.3, 0.4) is 0 Å². The fourth-order valence-electron chi connectivity index (χ4n) is 2.76. The van der Waals surface area contributed by atoms with Crippen molar-refractivity contribution < 1.29 is 33.1 Å². The van der Waals surface area contributed by atoms with Gasteiger partial charge in [0.15, 0.2) is 5.82 Å². The maximum absolute atomic E-state index is 12.9. The molecule has 0 aliphatic carbocycles. The number of carbonyl (C=O) groups is 3. The van der Waals surface area contributed by atoms with Crippen molar-refractivity contribution in [3.05, 3.63) is 28.0 Å². The number of esters is 1. The summed E-state index contributed by atoms with van der Waals surface area (Å²) in [5.74, 6) is -0.932. The molecule has 11 heteroatoms. The van der Waals surface area contributed by atoms with Gasteiger partial charge >= 0.3 is 23.9 Å². The van der Waals surface area contributed by atoms with Gasteiger partial charge in [0.1, 0.15) is 17.2 Å². The molecule has 1 aromatic heterocycles. The van der Waals surface area contributed by atoms with E-state index >= 15 is 0 Å². The number of nitrogens with zero attached hydrogens (tertiary/aromatic N) is 3. The number of hydrogen-bond donors (Lipinski definition) is 0. The van der Waals surface area contributed by atoms with Gasteiger partial charge in [-0.2, -0.15) is 4.90 Å². The summed E-state index contributed by atoms with van der Waals surface area (Å²) in [6.45, 7) is 13.6. The first kappa shape index (κ1) is 27.9. The Labute approximate surface area is 193 Å². The van der Waals surface area contributed by atoms with E-state index in [1.165, 1.54) is 11.7 Å². The summed E-state index contributed by atoms with van der Waals surface area (Å²) in [5, 5.41) is 3.61. The number of imide groups is 1. The van der Waals surface area contributed by atoms with E-state index in [1.807, 2.05) is 0 Å². The van der Waals surface area contributed by atoms with Crippen LogP contribution in [0.1, 0.15) is 67.1 Å². The first-order valence-electron chi connectivity index (χ1n) is 10.6. The Hall–Kier alpha value is -3.11. The van der Waals surface area contributed by atoms with Gasteiger partial charge in [0, 0.05) is 0 Å². The summed E-state index contributed by atoms with van der Waals surface area (Å²) in [4.78, 5) is 50.6. The zero-order valence-corrected chi connectivity index (χ0v) is 20.9. The van der Waals surface area contributed by atoms with Crippen LogP contribution in [0, 0.1) is 6.92 Å². The molecule has 0 aromatic carbocycles. The van der Waals surface area contributed by atoms with E-state index in [4.69, 9.17) is 14.2 Å². The van der Waals surface area contributed by atoms with Crippen molar-refractivity contribution in [1.82, 2.24) is 14.6 Å². The number of methoxy groups -OCH3 is 1. The fraction of sp³-hybridized carbons (Fsp3) is 0.682. The van der Waals surface area contributed by atoms with E-state index in [0.29, 0.717) is 17.1 Å². The SMILES string of the molecule is COC(=O)[C@H](CCC=C(C)Cn1c(C)noc1=O)N(C(=O)OC(C)(C)C)C(=O)OC(C)(C)C. The number of ether oxygens (including phenoxy) is 3. The van der Waals surface area contributed by atoms with Crippen LogP contribution in [0.25, 0.3) is 0 Å². The molecule has 2 amide bonds. The molecule has 0 saturated carbocycles. The maximum Gasteiger partial charge on any atom is 0.441 e. The highest BCUT2D eigenvalue weighted by Gasteiger charge is 2.40. The largest absolute Gasteiger partial charge is 0.467 e. The normalized spacial score (nSPS) is 13.3. The van der Waals surface area contributed by atoms with Gasteiger partial charge in [-0.05, 0) is 68.2 Å². The standard InChI is InChI=1S/C22H35N3O8/c1-14(13-24-15(2)23-33-18(24)27)11-10-12-16(17(26)30-9)25(19(28)31-21(3,4)5)20(29)32-22(6,7)8/h11,16H,10,12-13H2,1-9H3/t16-/m0/s1. The first-order chi connectivity index (χ1) is 15.1. The molecule has 1 rings (SSSR count). The van der Waals surface area contributed by atoms with Crippen LogP contribution in [0.15, 0.2) is 21.0 Å². The molecule has 1 aromatic rings. The van der Waals surface area contributed by atoms with E-state index in [-0.39, 0.29) is 13.0 Å². The smallest absolute Gasteiger partial charge is 0.441 e. The second-order valence-corrected chi connectivity index (χ2v) is 9.58. The molecule has 0 bridgehead atoms. The van der Waals surface area contributed by atoms with Gasteiger partial charge in [0.2, 0.25) is 0 Å². The lowest BCUT2D eigenvalue weighted by Gasteiger charge is -2.32. The summed E-state index contributed by atoms with van der Waals surface area (Å²) >= 11 is 0. The minimum atomic E-state index is -1.27. The van der Waals surface area contributed by atoms with E-state index in [2.05, 4.69) is 9.68 Å². The highest BCUT2D eigenvalue weighted by molar-refractivity contribution is 5.94. The molecule has 186 valence electrons. The average molecular weight is 470 g/mol. The molecule has 0 spiro atoms. The molecule has 1 atom stereocenters. The lowest BCUT2D eigenvalue weighted by atomic mass is 10.1. The van der Waals surface area contributed by atoms with E-state index in [1.54, 1.807) is 61.5 Å². The Kier molecular flexibility index (Phi) is 9.44. The molecular formula is C22H35N3O8. The minimum Gasteiger partial charge on any atom is -0.467 e. The van der Waals surface area contributed by atoms with Crippen molar-refractivity contribution in [3.8, 4) is 0 Å². The zero-order chi connectivity index (χ0) is 25.6. The summed E-state index contributed by atoms with van der Waals surface area (Å²) in [6.07, 6.45) is 0.114. The molecule has 0 N–H and O–H groups in total. The predicted octanol–water partition coefficient (Wildman–Crippen LogP) is 3.59. The molecule has 0 saturated heterocycles. The predicted molar refractivity (Wildman–Crippen MR) is 119 cm³/mol. The Morgan fingerprint density at radius 1 is 1.09 bits per heavy atom. The highest BCUT2D eigenvalue weighted by Crippen LogP contribution is 2.20. The number of carbonyl (C=O) groups excluding carboxylic acids is 3. The van der Waals surface area contributed by atoms with Crippen LogP contribution >= 0.6 is 0 Å².